The Morgan fingerprint density at radius 3 is 2.67 bits per heavy atom. The van der Waals surface area contributed by atoms with E-state index in [0.717, 1.165) is 58.9 Å². The van der Waals surface area contributed by atoms with Crippen molar-refractivity contribution >= 4 is 28.4 Å². The molecule has 1 aliphatic heterocycles. The monoisotopic (exact) mass is 506 g/mol. The van der Waals surface area contributed by atoms with E-state index in [9.17, 15) is 14.9 Å². The third kappa shape index (κ3) is 5.18. The average molecular weight is 507 g/mol. The van der Waals surface area contributed by atoms with Gasteiger partial charge in [0.15, 0.2) is 5.78 Å². The van der Waals surface area contributed by atoms with E-state index in [1.807, 2.05) is 35.0 Å². The van der Waals surface area contributed by atoms with E-state index < -0.39 is 4.92 Å². The summed E-state index contributed by atoms with van der Waals surface area (Å²) in [6, 6.07) is 6.00. The molecule has 36 heavy (non-hydrogen) atoms. The predicted molar refractivity (Wildman–Crippen MR) is 139 cm³/mol. The number of aryl methyl sites for hydroxylation is 2. The average Bonchev–Trinajstić information content (AvgIpc) is 3.59. The van der Waals surface area contributed by atoms with Gasteiger partial charge in [-0.05, 0) is 50.8 Å². The van der Waals surface area contributed by atoms with Crippen LogP contribution in [0.1, 0.15) is 77.0 Å². The Morgan fingerprint density at radius 2 is 1.97 bits per heavy atom. The zero-order valence-electron chi connectivity index (χ0n) is 20.6. The van der Waals surface area contributed by atoms with E-state index in [1.165, 1.54) is 30.7 Å². The Morgan fingerprint density at radius 1 is 1.17 bits per heavy atom. The molecule has 1 aliphatic carbocycles. The van der Waals surface area contributed by atoms with Crippen molar-refractivity contribution in [2.45, 2.75) is 65.0 Å². The highest BCUT2D eigenvalue weighted by Crippen LogP contribution is 2.32. The minimum absolute atomic E-state index is 0.0443. The summed E-state index contributed by atoms with van der Waals surface area (Å²) in [7, 11) is 0. The Balaban J connectivity index is 1.39. The van der Waals surface area contributed by atoms with Crippen LogP contribution >= 0.6 is 11.3 Å². The number of rotatable bonds is 8. The number of thiophene rings is 1. The number of carbonyl (C=O) groups is 1. The maximum absolute atomic E-state index is 12.7. The van der Waals surface area contributed by atoms with Crippen LogP contribution in [0.5, 0.6) is 0 Å². The summed E-state index contributed by atoms with van der Waals surface area (Å²) >= 11 is 1.11. The zero-order chi connectivity index (χ0) is 25.2. The molecule has 4 heterocycles. The van der Waals surface area contributed by atoms with Crippen molar-refractivity contribution in [3.8, 4) is 0 Å². The van der Waals surface area contributed by atoms with Crippen molar-refractivity contribution in [1.29, 1.82) is 0 Å². The molecule has 0 radical (unpaired) electrons. The molecule has 3 aromatic heterocycles. The van der Waals surface area contributed by atoms with Gasteiger partial charge in [0.2, 0.25) is 0 Å². The van der Waals surface area contributed by atoms with Gasteiger partial charge in [-0.2, -0.15) is 10.2 Å². The molecule has 0 atom stereocenters. The molecule has 188 valence electrons. The van der Waals surface area contributed by atoms with E-state index in [0.29, 0.717) is 17.5 Å². The first-order valence-electron chi connectivity index (χ1n) is 12.4. The first-order valence-corrected chi connectivity index (χ1v) is 13.2. The van der Waals surface area contributed by atoms with Crippen molar-refractivity contribution in [2.24, 2.45) is 0 Å². The molecular formula is C26H30N6O3S. The molecule has 0 bridgehead atoms. The molecule has 0 saturated heterocycles. The van der Waals surface area contributed by atoms with Gasteiger partial charge in [-0.15, -0.1) is 11.3 Å². The van der Waals surface area contributed by atoms with Gasteiger partial charge in [-0.1, -0.05) is 25.3 Å². The zero-order valence-corrected chi connectivity index (χ0v) is 21.4. The van der Waals surface area contributed by atoms with Crippen LogP contribution in [0.3, 0.4) is 0 Å². The Kier molecular flexibility index (Phi) is 6.86. The largest absolute Gasteiger partial charge is 0.346 e. The van der Waals surface area contributed by atoms with Crippen LogP contribution in [0.25, 0.3) is 5.57 Å². The maximum Gasteiger partial charge on any atom is 0.280 e. The number of Topliss-reactive ketones (excluding diaryl/α,β-unsaturated/α-hetero) is 1. The number of hydrogen-bond acceptors (Lipinski definition) is 7. The van der Waals surface area contributed by atoms with E-state index in [-0.39, 0.29) is 18.0 Å². The second kappa shape index (κ2) is 10.2. The SMILES string of the molecule is Cc1cc(C)n(Cc2cc(C3=CN(CC(=O)c4cc([N+](=O)[O-])cs4)C=CC3)nn2C2CCCCC2)n1. The standard InChI is InChI=1S/C26H30N6O3S/c1-18-11-19(2)30(27-18)15-22-12-24(28-31(22)21-8-4-3-5-9-21)20-7-6-10-29(14-20)16-25(33)26-13-23(17-36-26)32(34)35/h6,10-14,17,21H,3-5,7-9,15-16H2,1-2H3. The van der Waals surface area contributed by atoms with Crippen LogP contribution in [-0.2, 0) is 6.54 Å². The molecule has 9 nitrogen and oxygen atoms in total. The number of allylic oxidation sites excluding steroid dienone is 2. The van der Waals surface area contributed by atoms with Gasteiger partial charge >= 0.3 is 0 Å². The summed E-state index contributed by atoms with van der Waals surface area (Å²) in [6.07, 6.45) is 12.6. The minimum Gasteiger partial charge on any atom is -0.346 e. The minimum atomic E-state index is -0.474. The van der Waals surface area contributed by atoms with E-state index in [1.54, 1.807) is 0 Å². The number of nitrogens with zero attached hydrogens (tertiary/aromatic N) is 6. The van der Waals surface area contributed by atoms with Gasteiger partial charge in [-0.25, -0.2) is 0 Å². The normalized spacial score (nSPS) is 16.4. The summed E-state index contributed by atoms with van der Waals surface area (Å²) in [5.74, 6) is -0.145. The highest BCUT2D eigenvalue weighted by Gasteiger charge is 2.23. The fourth-order valence-corrected chi connectivity index (χ4v) is 5.82. The fraction of sp³-hybridized carbons (Fsp3) is 0.423. The van der Waals surface area contributed by atoms with Crippen molar-refractivity contribution in [1.82, 2.24) is 24.5 Å². The van der Waals surface area contributed by atoms with Gasteiger partial charge in [0.1, 0.15) is 0 Å². The molecule has 10 heteroatoms. The lowest BCUT2D eigenvalue weighted by Gasteiger charge is -2.24. The van der Waals surface area contributed by atoms with Crippen LogP contribution in [0.2, 0.25) is 0 Å². The lowest BCUT2D eigenvalue weighted by atomic mass is 9.95. The first kappa shape index (κ1) is 24.2. The van der Waals surface area contributed by atoms with Crippen molar-refractivity contribution < 1.29 is 9.72 Å². The Hall–Kier alpha value is -3.53. The van der Waals surface area contributed by atoms with Crippen LogP contribution < -0.4 is 0 Å². The second-order valence-corrected chi connectivity index (χ2v) is 10.5. The summed E-state index contributed by atoms with van der Waals surface area (Å²) in [4.78, 5) is 25.5. The van der Waals surface area contributed by atoms with E-state index in [4.69, 9.17) is 5.10 Å². The molecule has 0 spiro atoms. The first-order chi connectivity index (χ1) is 17.4. The number of nitro groups is 1. The molecular weight excluding hydrogens is 476 g/mol. The molecule has 1 fully saturated rings. The number of aromatic nitrogens is 4. The van der Waals surface area contributed by atoms with E-state index >= 15 is 0 Å². The molecule has 0 amide bonds. The van der Waals surface area contributed by atoms with Gasteiger partial charge in [0.25, 0.3) is 5.69 Å². The number of carbonyl (C=O) groups excluding carboxylic acids is 1. The smallest absolute Gasteiger partial charge is 0.280 e. The Labute approximate surface area is 213 Å². The van der Waals surface area contributed by atoms with Gasteiger partial charge in [-0.3, -0.25) is 24.3 Å². The third-order valence-corrected chi connectivity index (χ3v) is 7.79. The van der Waals surface area contributed by atoms with Crippen LogP contribution in [-0.4, -0.2) is 41.7 Å². The van der Waals surface area contributed by atoms with Gasteiger partial charge in [0.05, 0.1) is 51.4 Å². The summed E-state index contributed by atoms with van der Waals surface area (Å²) in [5.41, 5.74) is 5.21. The summed E-state index contributed by atoms with van der Waals surface area (Å²) in [6.45, 7) is 4.88. The molecule has 0 aromatic carbocycles. The molecule has 0 N–H and O–H groups in total. The number of ketones is 1. The molecule has 2 aliphatic rings. The summed E-state index contributed by atoms with van der Waals surface area (Å²) in [5, 5.41) is 22.1. The van der Waals surface area contributed by atoms with Crippen molar-refractivity contribution in [3.63, 3.8) is 0 Å². The predicted octanol–water partition coefficient (Wildman–Crippen LogP) is 5.66. The van der Waals surface area contributed by atoms with Crippen molar-refractivity contribution in [2.75, 3.05) is 6.54 Å². The molecule has 0 unspecified atom stereocenters. The molecule has 5 rings (SSSR count). The molecule has 1 saturated carbocycles. The second-order valence-electron chi connectivity index (χ2n) is 9.61. The highest BCUT2D eigenvalue weighted by atomic mass is 32.1. The Bertz CT molecular complexity index is 1340. The van der Waals surface area contributed by atoms with Crippen LogP contribution in [0, 0.1) is 24.0 Å². The van der Waals surface area contributed by atoms with Gasteiger partial charge in [0, 0.05) is 24.2 Å². The van der Waals surface area contributed by atoms with Crippen LogP contribution in [0.4, 0.5) is 5.69 Å². The fourth-order valence-electron chi connectivity index (χ4n) is 5.03. The number of hydrogen-bond donors (Lipinski definition) is 0. The topological polar surface area (TPSA) is 99.1 Å². The van der Waals surface area contributed by atoms with Crippen LogP contribution in [0.15, 0.2) is 42.1 Å². The lowest BCUT2D eigenvalue weighted by Crippen LogP contribution is -2.21. The van der Waals surface area contributed by atoms with Crippen molar-refractivity contribution in [3.05, 3.63) is 79.8 Å². The third-order valence-electron chi connectivity index (χ3n) is 6.83. The summed E-state index contributed by atoms with van der Waals surface area (Å²) < 4.78 is 4.25. The highest BCUT2D eigenvalue weighted by molar-refractivity contribution is 7.12. The quantitative estimate of drug-likeness (QED) is 0.222. The van der Waals surface area contributed by atoms with Gasteiger partial charge < -0.3 is 4.90 Å². The maximum atomic E-state index is 12.7. The lowest BCUT2D eigenvalue weighted by molar-refractivity contribution is -0.384. The molecule has 3 aromatic rings. The van der Waals surface area contributed by atoms with E-state index in [2.05, 4.69) is 28.8 Å².